The van der Waals surface area contributed by atoms with Crippen molar-refractivity contribution in [1.82, 2.24) is 4.90 Å². The molecule has 26 heavy (non-hydrogen) atoms. The second-order valence-corrected chi connectivity index (χ2v) is 7.23. The normalized spacial score (nSPS) is 26.3. The molecule has 2 aromatic carbocycles. The van der Waals surface area contributed by atoms with Gasteiger partial charge in [0.2, 0.25) is 0 Å². The Balaban J connectivity index is 1.79. The first kappa shape index (κ1) is 18.5. The number of nitrogens with zero attached hydrogens (tertiary/aromatic N) is 1. The largest absolute Gasteiger partial charge is 0.482 e. The number of rotatable bonds is 5. The smallest absolute Gasteiger partial charge is 0.345 e. The third-order valence-corrected chi connectivity index (χ3v) is 5.37. The van der Waals surface area contributed by atoms with Crippen LogP contribution in [0.2, 0.25) is 0 Å². The molecule has 0 unspecified atom stereocenters. The lowest BCUT2D eigenvalue weighted by Gasteiger charge is -2.48. The van der Waals surface area contributed by atoms with E-state index in [9.17, 15) is 4.79 Å². The van der Waals surface area contributed by atoms with Gasteiger partial charge < -0.3 is 14.4 Å². The fourth-order valence-electron chi connectivity index (χ4n) is 3.77. The number of benzene rings is 2. The van der Waals surface area contributed by atoms with Gasteiger partial charge in [-0.15, -0.1) is 0 Å². The van der Waals surface area contributed by atoms with E-state index in [0.717, 1.165) is 18.5 Å². The Labute approximate surface area is 155 Å². The van der Waals surface area contributed by atoms with Gasteiger partial charge in [0.15, 0.2) is 6.61 Å². The van der Waals surface area contributed by atoms with Crippen LogP contribution in [0.15, 0.2) is 60.7 Å². The minimum Gasteiger partial charge on any atom is -0.482 e. The highest BCUT2D eigenvalue weighted by atomic mass is 16.6. The Bertz CT molecular complexity index is 719. The molecule has 0 aromatic heterocycles. The van der Waals surface area contributed by atoms with Gasteiger partial charge in [-0.25, -0.2) is 4.79 Å². The molecule has 0 amide bonds. The maximum Gasteiger partial charge on any atom is 0.345 e. The SMILES string of the molecule is C[C@@H]1C[C@](OC(=O)COc2ccccc2)(c2ccccc2)[C@H](C)CN1C. The molecule has 0 radical (unpaired) electrons. The molecular formula is C22H27NO3. The van der Waals surface area contributed by atoms with Gasteiger partial charge in [-0.2, -0.15) is 0 Å². The molecule has 1 fully saturated rings. The van der Waals surface area contributed by atoms with Crippen molar-refractivity contribution < 1.29 is 14.3 Å². The molecule has 0 saturated carbocycles. The minimum atomic E-state index is -0.621. The second kappa shape index (κ2) is 7.92. The average molecular weight is 353 g/mol. The van der Waals surface area contributed by atoms with E-state index in [2.05, 4.69) is 37.9 Å². The molecule has 1 saturated heterocycles. The maximum absolute atomic E-state index is 12.6. The minimum absolute atomic E-state index is 0.0878. The molecule has 3 rings (SSSR count). The van der Waals surface area contributed by atoms with Crippen LogP contribution in [0, 0.1) is 5.92 Å². The number of hydrogen-bond donors (Lipinski definition) is 0. The first-order valence-electron chi connectivity index (χ1n) is 9.17. The van der Waals surface area contributed by atoms with Crippen LogP contribution in [0.1, 0.15) is 25.8 Å². The summed E-state index contributed by atoms with van der Waals surface area (Å²) in [5.74, 6) is 0.524. The van der Waals surface area contributed by atoms with Crippen molar-refractivity contribution in [2.24, 2.45) is 5.92 Å². The molecule has 1 aliphatic heterocycles. The van der Waals surface area contributed by atoms with Gasteiger partial charge in [0.05, 0.1) is 0 Å². The zero-order valence-electron chi connectivity index (χ0n) is 15.7. The number of piperidine rings is 1. The van der Waals surface area contributed by atoms with Gasteiger partial charge in [0.25, 0.3) is 0 Å². The summed E-state index contributed by atoms with van der Waals surface area (Å²) >= 11 is 0. The monoisotopic (exact) mass is 353 g/mol. The number of carbonyl (C=O) groups excluding carboxylic acids is 1. The summed E-state index contributed by atoms with van der Waals surface area (Å²) in [5.41, 5.74) is 0.435. The number of esters is 1. The maximum atomic E-state index is 12.6. The third kappa shape index (κ3) is 3.91. The Morgan fingerprint density at radius 2 is 1.69 bits per heavy atom. The van der Waals surface area contributed by atoms with Crippen molar-refractivity contribution in [2.45, 2.75) is 31.9 Å². The van der Waals surface area contributed by atoms with Crippen LogP contribution in [-0.2, 0) is 15.1 Å². The van der Waals surface area contributed by atoms with E-state index in [-0.39, 0.29) is 18.5 Å². The van der Waals surface area contributed by atoms with Crippen LogP contribution in [0.25, 0.3) is 0 Å². The summed E-state index contributed by atoms with van der Waals surface area (Å²) in [5, 5.41) is 0. The van der Waals surface area contributed by atoms with Gasteiger partial charge in [-0.05, 0) is 31.7 Å². The quantitative estimate of drug-likeness (QED) is 0.765. The fraction of sp³-hybridized carbons (Fsp3) is 0.409. The Morgan fingerprint density at radius 3 is 2.35 bits per heavy atom. The number of para-hydroxylation sites is 1. The summed E-state index contributed by atoms with van der Waals surface area (Å²) in [6, 6.07) is 19.8. The summed E-state index contributed by atoms with van der Waals surface area (Å²) in [6.45, 7) is 5.12. The molecule has 4 nitrogen and oxygen atoms in total. The first-order chi connectivity index (χ1) is 12.5. The zero-order chi connectivity index (χ0) is 18.6. The highest BCUT2D eigenvalue weighted by molar-refractivity contribution is 5.72. The standard InChI is InChI=1S/C22H27NO3/c1-17-15-23(3)18(2)14-22(17,19-10-6-4-7-11-19)26-21(24)16-25-20-12-8-5-9-13-20/h4-13,17-18H,14-16H2,1-3H3/t17-,18-,22-/m1/s1. The predicted molar refractivity (Wildman–Crippen MR) is 102 cm³/mol. The van der Waals surface area contributed by atoms with Crippen molar-refractivity contribution in [3.63, 3.8) is 0 Å². The van der Waals surface area contributed by atoms with Crippen LogP contribution >= 0.6 is 0 Å². The van der Waals surface area contributed by atoms with Crippen LogP contribution in [0.4, 0.5) is 0 Å². The molecule has 0 aliphatic carbocycles. The predicted octanol–water partition coefficient (Wildman–Crippen LogP) is 3.86. The van der Waals surface area contributed by atoms with E-state index in [1.54, 1.807) is 0 Å². The molecule has 1 aliphatic rings. The van der Waals surface area contributed by atoms with E-state index < -0.39 is 5.60 Å². The molecule has 1 heterocycles. The number of likely N-dealkylation sites (tertiary alicyclic amines) is 1. The van der Waals surface area contributed by atoms with Crippen molar-refractivity contribution >= 4 is 5.97 Å². The third-order valence-electron chi connectivity index (χ3n) is 5.37. The zero-order valence-corrected chi connectivity index (χ0v) is 15.7. The molecule has 4 heteroatoms. The number of carbonyl (C=O) groups is 1. The van der Waals surface area contributed by atoms with E-state index in [1.165, 1.54) is 0 Å². The topological polar surface area (TPSA) is 38.8 Å². The summed E-state index contributed by atoms with van der Waals surface area (Å²) in [7, 11) is 2.12. The molecule has 3 atom stereocenters. The molecular weight excluding hydrogens is 326 g/mol. The summed E-state index contributed by atoms with van der Waals surface area (Å²) in [6.07, 6.45) is 0.770. The van der Waals surface area contributed by atoms with Crippen LogP contribution in [0.3, 0.4) is 0 Å². The molecule has 138 valence electrons. The van der Waals surface area contributed by atoms with E-state index >= 15 is 0 Å². The molecule has 2 aromatic rings. The van der Waals surface area contributed by atoms with Gasteiger partial charge >= 0.3 is 5.97 Å². The number of hydrogen-bond acceptors (Lipinski definition) is 4. The lowest BCUT2D eigenvalue weighted by molar-refractivity contribution is -0.180. The number of ether oxygens (including phenoxy) is 2. The van der Waals surface area contributed by atoms with Gasteiger partial charge in [-0.1, -0.05) is 55.5 Å². The van der Waals surface area contributed by atoms with Crippen LogP contribution in [0.5, 0.6) is 5.75 Å². The van der Waals surface area contributed by atoms with Gasteiger partial charge in [0, 0.05) is 24.9 Å². The lowest BCUT2D eigenvalue weighted by atomic mass is 9.74. The average Bonchev–Trinajstić information content (AvgIpc) is 2.66. The highest BCUT2D eigenvalue weighted by Gasteiger charge is 2.47. The van der Waals surface area contributed by atoms with E-state index in [1.807, 2.05) is 48.5 Å². The van der Waals surface area contributed by atoms with Gasteiger partial charge in [0.1, 0.15) is 11.4 Å². The second-order valence-electron chi connectivity index (χ2n) is 7.23. The molecule has 0 bridgehead atoms. The fourth-order valence-corrected chi connectivity index (χ4v) is 3.77. The van der Waals surface area contributed by atoms with E-state index in [0.29, 0.717) is 11.8 Å². The Morgan fingerprint density at radius 1 is 1.08 bits per heavy atom. The Hall–Kier alpha value is -2.33. The van der Waals surface area contributed by atoms with Crippen molar-refractivity contribution in [3.05, 3.63) is 66.2 Å². The highest BCUT2D eigenvalue weighted by Crippen LogP contribution is 2.42. The first-order valence-corrected chi connectivity index (χ1v) is 9.17. The Kier molecular flexibility index (Phi) is 5.62. The van der Waals surface area contributed by atoms with Crippen molar-refractivity contribution in [1.29, 1.82) is 0 Å². The van der Waals surface area contributed by atoms with Crippen molar-refractivity contribution in [2.75, 3.05) is 20.2 Å². The van der Waals surface area contributed by atoms with Gasteiger partial charge in [-0.3, -0.25) is 0 Å². The lowest BCUT2D eigenvalue weighted by Crippen LogP contribution is -2.54. The van der Waals surface area contributed by atoms with E-state index in [4.69, 9.17) is 9.47 Å². The van der Waals surface area contributed by atoms with Crippen molar-refractivity contribution in [3.8, 4) is 5.75 Å². The molecule has 0 spiro atoms. The molecule has 0 N–H and O–H groups in total. The summed E-state index contributed by atoms with van der Waals surface area (Å²) in [4.78, 5) is 15.0. The van der Waals surface area contributed by atoms with Crippen LogP contribution < -0.4 is 4.74 Å². The summed E-state index contributed by atoms with van der Waals surface area (Å²) < 4.78 is 11.7. The van der Waals surface area contributed by atoms with Crippen LogP contribution in [-0.4, -0.2) is 37.1 Å².